The number of benzene rings is 1. The summed E-state index contributed by atoms with van der Waals surface area (Å²) in [6.45, 7) is -0.688. The van der Waals surface area contributed by atoms with Crippen molar-refractivity contribution in [2.45, 2.75) is 12.7 Å². The third-order valence-corrected chi connectivity index (χ3v) is 2.51. The van der Waals surface area contributed by atoms with Crippen molar-refractivity contribution in [2.75, 3.05) is 11.9 Å². The van der Waals surface area contributed by atoms with Crippen LogP contribution in [-0.2, 0) is 13.6 Å². The Bertz CT molecular complexity index is 549. The first kappa shape index (κ1) is 14.2. The van der Waals surface area contributed by atoms with E-state index in [-0.39, 0.29) is 5.75 Å². The van der Waals surface area contributed by atoms with Gasteiger partial charge in [0.1, 0.15) is 5.75 Å². The number of aromatic nitrogens is 2. The largest absolute Gasteiger partial charge is 0.484 e. The van der Waals surface area contributed by atoms with Gasteiger partial charge in [0.25, 0.3) is 0 Å². The molecule has 4 nitrogen and oxygen atoms in total. The van der Waals surface area contributed by atoms with E-state index >= 15 is 0 Å². The van der Waals surface area contributed by atoms with Gasteiger partial charge >= 0.3 is 6.18 Å². The smallest absolute Gasteiger partial charge is 0.422 e. The van der Waals surface area contributed by atoms with Gasteiger partial charge in [0.2, 0.25) is 0 Å². The molecule has 0 saturated carbocycles. The maximum absolute atomic E-state index is 12.0. The lowest BCUT2D eigenvalue weighted by Crippen LogP contribution is -2.19. The van der Waals surface area contributed by atoms with Crippen LogP contribution in [0.15, 0.2) is 36.7 Å². The zero-order valence-corrected chi connectivity index (χ0v) is 10.8. The van der Waals surface area contributed by atoms with Crippen LogP contribution in [0.25, 0.3) is 0 Å². The van der Waals surface area contributed by atoms with E-state index in [1.165, 1.54) is 12.1 Å². The van der Waals surface area contributed by atoms with Crippen LogP contribution in [-0.4, -0.2) is 22.6 Å². The molecule has 2 rings (SSSR count). The number of ether oxygens (including phenoxy) is 1. The first-order valence-corrected chi connectivity index (χ1v) is 5.93. The molecule has 0 aliphatic heterocycles. The highest BCUT2D eigenvalue weighted by Crippen LogP contribution is 2.20. The van der Waals surface area contributed by atoms with Gasteiger partial charge in [-0.15, -0.1) is 0 Å². The second-order valence-electron chi connectivity index (χ2n) is 4.30. The van der Waals surface area contributed by atoms with E-state index in [4.69, 9.17) is 0 Å². The molecule has 7 heteroatoms. The summed E-state index contributed by atoms with van der Waals surface area (Å²) in [5, 5.41) is 7.18. The van der Waals surface area contributed by atoms with Crippen LogP contribution < -0.4 is 10.1 Å². The summed E-state index contributed by atoms with van der Waals surface area (Å²) in [6, 6.07) is 6.33. The first-order valence-electron chi connectivity index (χ1n) is 5.93. The minimum absolute atomic E-state index is 0.189. The lowest BCUT2D eigenvalue weighted by atomic mass is 10.3. The monoisotopic (exact) mass is 285 g/mol. The summed E-state index contributed by atoms with van der Waals surface area (Å²) in [7, 11) is 1.83. The van der Waals surface area contributed by atoms with Crippen LogP contribution in [0.3, 0.4) is 0 Å². The lowest BCUT2D eigenvalue weighted by Gasteiger charge is -2.10. The van der Waals surface area contributed by atoms with Crippen LogP contribution in [0.1, 0.15) is 5.56 Å². The summed E-state index contributed by atoms with van der Waals surface area (Å²) >= 11 is 0. The van der Waals surface area contributed by atoms with Crippen LogP contribution in [0.2, 0.25) is 0 Å². The maximum Gasteiger partial charge on any atom is 0.422 e. The highest BCUT2D eigenvalue weighted by atomic mass is 19.4. The molecule has 1 N–H and O–H groups in total. The molecule has 1 aromatic carbocycles. The fraction of sp³-hybridized carbons (Fsp3) is 0.308. The molecule has 0 saturated heterocycles. The number of aryl methyl sites for hydroxylation is 1. The molecule has 1 aromatic heterocycles. The predicted molar refractivity (Wildman–Crippen MR) is 68.5 cm³/mol. The Labute approximate surface area is 114 Å². The van der Waals surface area contributed by atoms with Crippen LogP contribution >= 0.6 is 0 Å². The normalized spacial score (nSPS) is 11.4. The second kappa shape index (κ2) is 5.85. The zero-order valence-electron chi connectivity index (χ0n) is 10.8. The van der Waals surface area contributed by atoms with Crippen molar-refractivity contribution in [3.63, 3.8) is 0 Å². The number of hydrogen-bond donors (Lipinski definition) is 1. The van der Waals surface area contributed by atoms with Crippen LogP contribution in [0.4, 0.5) is 18.9 Å². The second-order valence-corrected chi connectivity index (χ2v) is 4.30. The minimum atomic E-state index is -4.32. The average Bonchev–Trinajstić information content (AvgIpc) is 2.80. The molecule has 0 aliphatic rings. The number of hydrogen-bond acceptors (Lipinski definition) is 3. The van der Waals surface area contributed by atoms with Gasteiger partial charge in [0, 0.05) is 31.0 Å². The molecule has 0 unspecified atom stereocenters. The highest BCUT2D eigenvalue weighted by Gasteiger charge is 2.28. The van der Waals surface area contributed by atoms with Gasteiger partial charge in [-0.05, 0) is 24.3 Å². The number of rotatable bonds is 5. The van der Waals surface area contributed by atoms with Crippen molar-refractivity contribution in [1.29, 1.82) is 0 Å². The molecule has 0 atom stereocenters. The van der Waals surface area contributed by atoms with Gasteiger partial charge in [-0.25, -0.2) is 0 Å². The fourth-order valence-electron chi connectivity index (χ4n) is 1.60. The molecule has 0 radical (unpaired) electrons. The quantitative estimate of drug-likeness (QED) is 0.918. The van der Waals surface area contributed by atoms with Crippen molar-refractivity contribution in [1.82, 2.24) is 9.78 Å². The number of nitrogens with one attached hydrogen (secondary N) is 1. The van der Waals surface area contributed by atoms with E-state index in [1.54, 1.807) is 23.0 Å². The van der Waals surface area contributed by atoms with Gasteiger partial charge in [0.05, 0.1) is 6.20 Å². The molecule has 0 bridgehead atoms. The van der Waals surface area contributed by atoms with E-state index in [2.05, 4.69) is 15.2 Å². The molecule has 0 spiro atoms. The van der Waals surface area contributed by atoms with Crippen LogP contribution in [0, 0.1) is 0 Å². The van der Waals surface area contributed by atoms with Crippen molar-refractivity contribution >= 4 is 5.69 Å². The van der Waals surface area contributed by atoms with Gasteiger partial charge in [-0.3, -0.25) is 4.68 Å². The Morgan fingerprint density at radius 3 is 2.50 bits per heavy atom. The van der Waals surface area contributed by atoms with E-state index in [0.29, 0.717) is 6.54 Å². The molecular weight excluding hydrogens is 271 g/mol. The summed E-state index contributed by atoms with van der Waals surface area (Å²) in [5.74, 6) is 0.189. The van der Waals surface area contributed by atoms with Gasteiger partial charge < -0.3 is 10.1 Å². The molecule has 0 fully saturated rings. The number of alkyl halides is 3. The van der Waals surface area contributed by atoms with E-state index < -0.39 is 12.8 Å². The van der Waals surface area contributed by atoms with Gasteiger partial charge in [-0.2, -0.15) is 18.3 Å². The molecule has 108 valence electrons. The molecule has 0 aliphatic carbocycles. The summed E-state index contributed by atoms with van der Waals surface area (Å²) in [5.41, 5.74) is 1.82. The Balaban J connectivity index is 1.85. The number of halogens is 3. The fourth-order valence-corrected chi connectivity index (χ4v) is 1.60. The topological polar surface area (TPSA) is 39.1 Å². The lowest BCUT2D eigenvalue weighted by molar-refractivity contribution is -0.153. The van der Waals surface area contributed by atoms with Crippen molar-refractivity contribution < 1.29 is 17.9 Å². The molecule has 0 amide bonds. The standard InChI is InChI=1S/C13H14F3N3O/c1-19-8-10(7-18-19)6-17-11-2-4-12(5-3-11)20-9-13(14,15)16/h2-5,7-8,17H,6,9H2,1H3. The first-order chi connectivity index (χ1) is 9.42. The Morgan fingerprint density at radius 2 is 1.95 bits per heavy atom. The SMILES string of the molecule is Cn1cc(CNc2ccc(OCC(F)(F)F)cc2)cn1. The van der Waals surface area contributed by atoms with Gasteiger partial charge in [0.15, 0.2) is 6.61 Å². The summed E-state index contributed by atoms with van der Waals surface area (Å²) in [6.07, 6.45) is -0.696. The van der Waals surface area contributed by atoms with Crippen molar-refractivity contribution in [2.24, 2.45) is 7.05 Å². The molecule has 1 heterocycles. The zero-order chi connectivity index (χ0) is 14.6. The predicted octanol–water partition coefficient (Wildman–Crippen LogP) is 2.97. The van der Waals surface area contributed by atoms with E-state index in [0.717, 1.165) is 11.3 Å². The third kappa shape index (κ3) is 4.49. The number of nitrogens with zero attached hydrogens (tertiary/aromatic N) is 2. The summed E-state index contributed by atoms with van der Waals surface area (Å²) < 4.78 is 42.3. The van der Waals surface area contributed by atoms with Gasteiger partial charge in [-0.1, -0.05) is 0 Å². The molecule has 20 heavy (non-hydrogen) atoms. The van der Waals surface area contributed by atoms with E-state index in [1.807, 2.05) is 13.2 Å². The van der Waals surface area contributed by atoms with Crippen molar-refractivity contribution in [3.05, 3.63) is 42.2 Å². The van der Waals surface area contributed by atoms with E-state index in [9.17, 15) is 13.2 Å². The molecular formula is C13H14F3N3O. The maximum atomic E-state index is 12.0. The third-order valence-electron chi connectivity index (χ3n) is 2.51. The number of anilines is 1. The Morgan fingerprint density at radius 1 is 1.25 bits per heavy atom. The average molecular weight is 285 g/mol. The van der Waals surface area contributed by atoms with Crippen molar-refractivity contribution in [3.8, 4) is 5.75 Å². The van der Waals surface area contributed by atoms with Crippen LogP contribution in [0.5, 0.6) is 5.75 Å². The molecule has 2 aromatic rings. The summed E-state index contributed by atoms with van der Waals surface area (Å²) in [4.78, 5) is 0. The highest BCUT2D eigenvalue weighted by molar-refractivity contribution is 5.46. The Kier molecular flexibility index (Phi) is 4.16. The minimum Gasteiger partial charge on any atom is -0.484 e. The Hall–Kier alpha value is -2.18.